The maximum atomic E-state index is 12.2. The quantitative estimate of drug-likeness (QED) is 0.908. The van der Waals surface area contributed by atoms with Gasteiger partial charge in [-0.3, -0.25) is 4.79 Å². The highest BCUT2D eigenvalue weighted by atomic mass is 32.1. The number of aryl methyl sites for hydroxylation is 2. The highest BCUT2D eigenvalue weighted by Gasteiger charge is 2.12. The van der Waals surface area contributed by atoms with Crippen LogP contribution < -0.4 is 10.6 Å². The van der Waals surface area contributed by atoms with Crippen molar-refractivity contribution in [2.24, 2.45) is 0 Å². The van der Waals surface area contributed by atoms with E-state index >= 15 is 0 Å². The summed E-state index contributed by atoms with van der Waals surface area (Å²) in [4.78, 5) is 13.4. The van der Waals surface area contributed by atoms with Crippen molar-refractivity contribution in [3.05, 3.63) is 51.2 Å². The predicted octanol–water partition coefficient (Wildman–Crippen LogP) is 3.34. The molecule has 1 amide bonds. The molecule has 1 aromatic carbocycles. The molecule has 3 rings (SSSR count). The van der Waals surface area contributed by atoms with Crippen LogP contribution in [0, 0.1) is 6.92 Å². The molecule has 3 nitrogen and oxygen atoms in total. The molecule has 0 atom stereocenters. The molecule has 0 aliphatic carbocycles. The van der Waals surface area contributed by atoms with Gasteiger partial charge in [0.25, 0.3) is 5.91 Å². The van der Waals surface area contributed by atoms with Crippen LogP contribution in [0.2, 0.25) is 0 Å². The van der Waals surface area contributed by atoms with Gasteiger partial charge in [0, 0.05) is 22.7 Å². The summed E-state index contributed by atoms with van der Waals surface area (Å²) in [6.45, 7) is 3.70. The number of carbonyl (C=O) groups is 1. The molecule has 2 heterocycles. The SMILES string of the molecule is Cc1ccsc1CNC(=O)c1ccc2c(c1)CCCN2. The van der Waals surface area contributed by atoms with E-state index in [4.69, 9.17) is 0 Å². The van der Waals surface area contributed by atoms with Crippen LogP contribution >= 0.6 is 11.3 Å². The number of anilines is 1. The van der Waals surface area contributed by atoms with Crippen molar-refractivity contribution in [2.45, 2.75) is 26.3 Å². The Kier molecular flexibility index (Phi) is 3.74. The van der Waals surface area contributed by atoms with Crippen molar-refractivity contribution in [1.29, 1.82) is 0 Å². The van der Waals surface area contributed by atoms with Gasteiger partial charge in [-0.05, 0) is 60.5 Å². The number of nitrogens with one attached hydrogen (secondary N) is 2. The second-order valence-corrected chi connectivity index (χ2v) is 6.11. The van der Waals surface area contributed by atoms with Gasteiger partial charge < -0.3 is 10.6 Å². The first-order chi connectivity index (χ1) is 9.74. The van der Waals surface area contributed by atoms with Gasteiger partial charge in [0.1, 0.15) is 0 Å². The third-order valence-corrected chi connectivity index (χ3v) is 4.71. The van der Waals surface area contributed by atoms with Gasteiger partial charge >= 0.3 is 0 Å². The molecule has 2 aromatic rings. The molecule has 0 saturated carbocycles. The largest absolute Gasteiger partial charge is 0.385 e. The van der Waals surface area contributed by atoms with E-state index in [0.29, 0.717) is 6.54 Å². The van der Waals surface area contributed by atoms with Crippen molar-refractivity contribution in [1.82, 2.24) is 5.32 Å². The maximum absolute atomic E-state index is 12.2. The summed E-state index contributed by atoms with van der Waals surface area (Å²) in [5, 5.41) is 8.42. The Balaban J connectivity index is 1.69. The van der Waals surface area contributed by atoms with E-state index in [0.717, 1.165) is 24.9 Å². The van der Waals surface area contributed by atoms with Crippen LogP contribution in [0.15, 0.2) is 29.6 Å². The molecule has 104 valence electrons. The first kappa shape index (κ1) is 13.2. The molecule has 1 aliphatic rings. The standard InChI is InChI=1S/C16H18N2OS/c1-11-6-8-20-15(11)10-18-16(19)13-4-5-14-12(9-13)3-2-7-17-14/h4-6,8-9,17H,2-3,7,10H2,1H3,(H,18,19). The number of rotatable bonds is 3. The van der Waals surface area contributed by atoms with Gasteiger partial charge in [0.05, 0.1) is 6.54 Å². The van der Waals surface area contributed by atoms with Gasteiger partial charge in [-0.25, -0.2) is 0 Å². The fourth-order valence-corrected chi connectivity index (χ4v) is 3.31. The molecular weight excluding hydrogens is 268 g/mol. The monoisotopic (exact) mass is 286 g/mol. The van der Waals surface area contributed by atoms with Crippen molar-refractivity contribution < 1.29 is 4.79 Å². The summed E-state index contributed by atoms with van der Waals surface area (Å²) < 4.78 is 0. The minimum atomic E-state index is 0.00572. The summed E-state index contributed by atoms with van der Waals surface area (Å²) >= 11 is 1.68. The molecule has 0 saturated heterocycles. The Labute approximate surface area is 123 Å². The van der Waals surface area contributed by atoms with E-state index < -0.39 is 0 Å². The van der Waals surface area contributed by atoms with Crippen molar-refractivity contribution in [3.63, 3.8) is 0 Å². The minimum Gasteiger partial charge on any atom is -0.385 e. The Hall–Kier alpha value is -1.81. The van der Waals surface area contributed by atoms with E-state index in [1.54, 1.807) is 11.3 Å². The molecule has 0 radical (unpaired) electrons. The number of carbonyl (C=O) groups excluding carboxylic acids is 1. The lowest BCUT2D eigenvalue weighted by Crippen LogP contribution is -2.23. The molecule has 4 heteroatoms. The van der Waals surface area contributed by atoms with Crippen LogP contribution in [0.1, 0.15) is 32.8 Å². The second-order valence-electron chi connectivity index (χ2n) is 5.11. The summed E-state index contributed by atoms with van der Waals surface area (Å²) in [5.41, 5.74) is 4.41. The van der Waals surface area contributed by atoms with Gasteiger partial charge in [-0.15, -0.1) is 11.3 Å². The molecule has 0 unspecified atom stereocenters. The number of hydrogen-bond donors (Lipinski definition) is 2. The van der Waals surface area contributed by atoms with Gasteiger partial charge in [-0.1, -0.05) is 0 Å². The van der Waals surface area contributed by atoms with Crippen molar-refractivity contribution in [2.75, 3.05) is 11.9 Å². The lowest BCUT2D eigenvalue weighted by Gasteiger charge is -2.18. The van der Waals surface area contributed by atoms with Crippen LogP contribution in [-0.4, -0.2) is 12.5 Å². The highest BCUT2D eigenvalue weighted by molar-refractivity contribution is 7.10. The third kappa shape index (κ3) is 2.70. The molecule has 1 aromatic heterocycles. The molecule has 2 N–H and O–H groups in total. The summed E-state index contributed by atoms with van der Waals surface area (Å²) in [6.07, 6.45) is 2.18. The Morgan fingerprint density at radius 2 is 2.30 bits per heavy atom. The highest BCUT2D eigenvalue weighted by Crippen LogP contribution is 2.23. The van der Waals surface area contributed by atoms with E-state index in [1.165, 1.54) is 21.7 Å². The molecule has 0 spiro atoms. The molecular formula is C16H18N2OS. The van der Waals surface area contributed by atoms with Crippen LogP contribution in [0.25, 0.3) is 0 Å². The first-order valence-electron chi connectivity index (χ1n) is 6.92. The predicted molar refractivity (Wildman–Crippen MR) is 83.5 cm³/mol. The topological polar surface area (TPSA) is 41.1 Å². The Morgan fingerprint density at radius 1 is 1.40 bits per heavy atom. The first-order valence-corrected chi connectivity index (χ1v) is 7.80. The number of hydrogen-bond acceptors (Lipinski definition) is 3. The fourth-order valence-electron chi connectivity index (χ4n) is 2.46. The maximum Gasteiger partial charge on any atom is 0.251 e. The van der Waals surface area contributed by atoms with Gasteiger partial charge in [0.2, 0.25) is 0 Å². The van der Waals surface area contributed by atoms with Crippen LogP contribution in [0.4, 0.5) is 5.69 Å². The number of amides is 1. The molecule has 0 bridgehead atoms. The van der Waals surface area contributed by atoms with Crippen LogP contribution in [0.5, 0.6) is 0 Å². The van der Waals surface area contributed by atoms with Gasteiger partial charge in [-0.2, -0.15) is 0 Å². The second kappa shape index (κ2) is 5.67. The summed E-state index contributed by atoms with van der Waals surface area (Å²) in [6, 6.07) is 8.00. The van der Waals surface area contributed by atoms with Crippen molar-refractivity contribution in [3.8, 4) is 0 Å². The normalized spacial score (nSPS) is 13.4. The minimum absolute atomic E-state index is 0.00572. The van der Waals surface area contributed by atoms with Crippen LogP contribution in [0.3, 0.4) is 0 Å². The van der Waals surface area contributed by atoms with Crippen molar-refractivity contribution >= 4 is 22.9 Å². The average molecular weight is 286 g/mol. The van der Waals surface area contributed by atoms with E-state index in [9.17, 15) is 4.79 Å². The fraction of sp³-hybridized carbons (Fsp3) is 0.312. The lowest BCUT2D eigenvalue weighted by molar-refractivity contribution is 0.0951. The summed E-state index contributed by atoms with van der Waals surface area (Å²) in [7, 11) is 0. The van der Waals surface area contributed by atoms with E-state index in [1.807, 2.05) is 18.2 Å². The van der Waals surface area contributed by atoms with Crippen LogP contribution in [-0.2, 0) is 13.0 Å². The zero-order chi connectivity index (χ0) is 13.9. The zero-order valence-electron chi connectivity index (χ0n) is 11.5. The smallest absolute Gasteiger partial charge is 0.251 e. The zero-order valence-corrected chi connectivity index (χ0v) is 12.3. The number of benzene rings is 1. The molecule has 0 fully saturated rings. The molecule has 1 aliphatic heterocycles. The summed E-state index contributed by atoms with van der Waals surface area (Å²) in [5.74, 6) is 0.00572. The Bertz CT molecular complexity index is 633. The third-order valence-electron chi connectivity index (χ3n) is 3.68. The number of thiophene rings is 1. The Morgan fingerprint density at radius 3 is 3.10 bits per heavy atom. The lowest BCUT2D eigenvalue weighted by atomic mass is 10.0. The average Bonchev–Trinajstić information content (AvgIpc) is 2.89. The number of fused-ring (bicyclic) bond motifs is 1. The molecule has 20 heavy (non-hydrogen) atoms. The van der Waals surface area contributed by atoms with E-state index in [-0.39, 0.29) is 5.91 Å². The van der Waals surface area contributed by atoms with Gasteiger partial charge in [0.15, 0.2) is 0 Å². The van der Waals surface area contributed by atoms with E-state index in [2.05, 4.69) is 29.0 Å².